The zero-order valence-electron chi connectivity index (χ0n) is 43.2. The molecule has 0 fully saturated rings. The van der Waals surface area contributed by atoms with E-state index in [4.69, 9.17) is 14.2 Å². The average molecular weight is 919 g/mol. The molecule has 0 aromatic rings. The first-order valence-corrected chi connectivity index (χ1v) is 27.7. The molecule has 1 atom stereocenters. The van der Waals surface area contributed by atoms with Crippen LogP contribution in [0, 0.1) is 0 Å². The molecule has 6 heteroatoms. The Kier molecular flexibility index (Phi) is 51.4. The Morgan fingerprint density at radius 3 is 0.909 bits per heavy atom. The molecule has 0 saturated carbocycles. The molecule has 0 heterocycles. The summed E-state index contributed by atoms with van der Waals surface area (Å²) in [5.41, 5.74) is 0. The molecule has 0 aromatic carbocycles. The first-order chi connectivity index (χ1) is 32.5. The van der Waals surface area contributed by atoms with Crippen LogP contribution in [0.2, 0.25) is 0 Å². The van der Waals surface area contributed by atoms with Gasteiger partial charge in [-0.1, -0.05) is 228 Å². The van der Waals surface area contributed by atoms with Crippen molar-refractivity contribution < 1.29 is 28.6 Å². The maximum Gasteiger partial charge on any atom is 0.306 e. The summed E-state index contributed by atoms with van der Waals surface area (Å²) in [5, 5.41) is 0. The van der Waals surface area contributed by atoms with Gasteiger partial charge >= 0.3 is 17.9 Å². The third-order valence-corrected chi connectivity index (χ3v) is 11.7. The van der Waals surface area contributed by atoms with Gasteiger partial charge in [0.1, 0.15) is 13.2 Å². The second kappa shape index (κ2) is 54.2. The summed E-state index contributed by atoms with van der Waals surface area (Å²) in [6.07, 6.45) is 69.9. The molecule has 0 aliphatic carbocycles. The quantitative estimate of drug-likeness (QED) is 0.0199. The largest absolute Gasteiger partial charge is 0.462 e. The van der Waals surface area contributed by atoms with E-state index < -0.39 is 6.10 Å². The molecule has 0 spiro atoms. The Bertz CT molecular complexity index is 1290. The van der Waals surface area contributed by atoms with E-state index in [2.05, 4.69) is 106 Å². The fourth-order valence-electron chi connectivity index (χ4n) is 7.50. The van der Waals surface area contributed by atoms with E-state index >= 15 is 0 Å². The van der Waals surface area contributed by atoms with E-state index in [0.29, 0.717) is 19.3 Å². The fraction of sp³-hybridized carbons (Fsp3) is 0.717. The average Bonchev–Trinajstić information content (AvgIpc) is 3.31. The van der Waals surface area contributed by atoms with Gasteiger partial charge in [0, 0.05) is 19.3 Å². The normalized spacial score (nSPS) is 12.7. The van der Waals surface area contributed by atoms with Crippen LogP contribution in [-0.2, 0) is 28.6 Å². The van der Waals surface area contributed by atoms with E-state index in [1.54, 1.807) is 0 Å². The van der Waals surface area contributed by atoms with Gasteiger partial charge in [-0.3, -0.25) is 14.4 Å². The van der Waals surface area contributed by atoms with Gasteiger partial charge in [0.05, 0.1) is 0 Å². The molecule has 0 aliphatic heterocycles. The van der Waals surface area contributed by atoms with Crippen LogP contribution in [0.5, 0.6) is 0 Å². The highest BCUT2D eigenvalue weighted by Gasteiger charge is 2.19. The van der Waals surface area contributed by atoms with Crippen molar-refractivity contribution >= 4 is 17.9 Å². The second-order valence-corrected chi connectivity index (χ2v) is 18.3. The van der Waals surface area contributed by atoms with Gasteiger partial charge in [-0.05, 0) is 96.3 Å². The van der Waals surface area contributed by atoms with Crippen LogP contribution in [0.1, 0.15) is 258 Å². The van der Waals surface area contributed by atoms with Crippen LogP contribution in [0.4, 0.5) is 0 Å². The predicted octanol–water partition coefficient (Wildman–Crippen LogP) is 18.4. The maximum absolute atomic E-state index is 12.8. The molecule has 6 nitrogen and oxygen atoms in total. The van der Waals surface area contributed by atoms with Crippen molar-refractivity contribution in [2.45, 2.75) is 264 Å². The highest BCUT2D eigenvalue weighted by molar-refractivity contribution is 5.71. The SMILES string of the molecule is CCCCC/C=C\CCCCCCCC(=O)OCC(COC(=O)CCCCCCC\C=C/C=C\C=C/CCCCCCC)OC(=O)CCCCCCC\C=C/C=C\C=C/CCCCCCC. The van der Waals surface area contributed by atoms with Gasteiger partial charge in [0.2, 0.25) is 0 Å². The minimum Gasteiger partial charge on any atom is -0.462 e. The zero-order chi connectivity index (χ0) is 47.9. The molecular weight excluding hydrogens is 817 g/mol. The summed E-state index contributed by atoms with van der Waals surface area (Å²) in [7, 11) is 0. The number of allylic oxidation sites excluding steroid dienone is 14. The Balaban J connectivity index is 4.47. The molecule has 0 saturated heterocycles. The van der Waals surface area contributed by atoms with Gasteiger partial charge in [-0.2, -0.15) is 0 Å². The van der Waals surface area contributed by atoms with Crippen molar-refractivity contribution in [3.05, 3.63) is 85.1 Å². The van der Waals surface area contributed by atoms with E-state index in [-0.39, 0.29) is 31.1 Å². The summed E-state index contributed by atoms with van der Waals surface area (Å²) in [6.45, 7) is 6.54. The molecule has 0 amide bonds. The first-order valence-electron chi connectivity index (χ1n) is 27.7. The third kappa shape index (κ3) is 51.6. The highest BCUT2D eigenvalue weighted by Crippen LogP contribution is 2.14. The van der Waals surface area contributed by atoms with Gasteiger partial charge in [0.25, 0.3) is 0 Å². The third-order valence-electron chi connectivity index (χ3n) is 11.7. The van der Waals surface area contributed by atoms with Crippen molar-refractivity contribution in [3.63, 3.8) is 0 Å². The topological polar surface area (TPSA) is 78.9 Å². The minimum absolute atomic E-state index is 0.0965. The molecule has 378 valence electrons. The van der Waals surface area contributed by atoms with Gasteiger partial charge in [-0.15, -0.1) is 0 Å². The molecule has 0 aliphatic rings. The monoisotopic (exact) mass is 919 g/mol. The zero-order valence-corrected chi connectivity index (χ0v) is 43.2. The van der Waals surface area contributed by atoms with Crippen molar-refractivity contribution in [1.29, 1.82) is 0 Å². The van der Waals surface area contributed by atoms with E-state index in [0.717, 1.165) is 122 Å². The number of carbonyl (C=O) groups excluding carboxylic acids is 3. The number of hydrogen-bond donors (Lipinski definition) is 0. The summed E-state index contributed by atoms with van der Waals surface area (Å²) < 4.78 is 16.8. The maximum atomic E-state index is 12.8. The van der Waals surface area contributed by atoms with Crippen LogP contribution < -0.4 is 0 Å². The molecule has 66 heavy (non-hydrogen) atoms. The second-order valence-electron chi connectivity index (χ2n) is 18.3. The fourth-order valence-corrected chi connectivity index (χ4v) is 7.50. The van der Waals surface area contributed by atoms with Gasteiger partial charge in [0.15, 0.2) is 6.10 Å². The van der Waals surface area contributed by atoms with Crippen LogP contribution in [0.25, 0.3) is 0 Å². The Labute approximate surface area is 407 Å². The summed E-state index contributed by atoms with van der Waals surface area (Å²) in [5.74, 6) is -0.943. The number of esters is 3. The van der Waals surface area contributed by atoms with Crippen LogP contribution in [0.15, 0.2) is 85.1 Å². The first kappa shape index (κ1) is 62.6. The summed E-state index contributed by atoms with van der Waals surface area (Å²) >= 11 is 0. The van der Waals surface area contributed by atoms with Gasteiger partial charge in [-0.25, -0.2) is 0 Å². The van der Waals surface area contributed by atoms with Crippen LogP contribution in [-0.4, -0.2) is 37.2 Å². The van der Waals surface area contributed by atoms with Gasteiger partial charge < -0.3 is 14.2 Å². The number of unbranched alkanes of at least 4 members (excludes halogenated alkanes) is 28. The number of carbonyl (C=O) groups is 3. The molecule has 1 unspecified atom stereocenters. The van der Waals surface area contributed by atoms with Crippen molar-refractivity contribution in [2.75, 3.05) is 13.2 Å². The molecule has 0 aromatic heterocycles. The number of rotatable bonds is 49. The molecule has 0 bridgehead atoms. The van der Waals surface area contributed by atoms with Crippen molar-refractivity contribution in [3.8, 4) is 0 Å². The molecule has 0 radical (unpaired) electrons. The number of ether oxygens (including phenoxy) is 3. The lowest BCUT2D eigenvalue weighted by Gasteiger charge is -2.18. The highest BCUT2D eigenvalue weighted by atomic mass is 16.6. The van der Waals surface area contributed by atoms with Crippen LogP contribution >= 0.6 is 0 Å². The van der Waals surface area contributed by atoms with Crippen molar-refractivity contribution in [1.82, 2.24) is 0 Å². The minimum atomic E-state index is -0.799. The standard InChI is InChI=1S/C60H102O6/c1-4-7-10-13-16-19-22-25-27-29-31-33-35-38-41-44-47-50-53-59(62)65-56-57(55-64-58(61)52-49-46-43-40-37-24-21-18-15-12-9-6-3)66-60(63)54-51-48-45-42-39-36-34-32-30-28-26-23-20-17-14-11-8-5-2/h18,21-23,25-34,57H,4-17,19-20,24,35-56H2,1-3H3/b21-18-,25-22-,26-23-,29-27-,30-28-,33-31-,34-32-. The lowest BCUT2D eigenvalue weighted by Crippen LogP contribution is -2.30. The van der Waals surface area contributed by atoms with E-state index in [1.165, 1.54) is 96.3 Å². The Morgan fingerprint density at radius 1 is 0.303 bits per heavy atom. The predicted molar refractivity (Wildman–Crippen MR) is 284 cm³/mol. The summed E-state index contributed by atoms with van der Waals surface area (Å²) in [4.78, 5) is 38.1. The number of hydrogen-bond acceptors (Lipinski definition) is 6. The summed E-state index contributed by atoms with van der Waals surface area (Å²) in [6, 6.07) is 0. The molecule has 0 rings (SSSR count). The Hall–Kier alpha value is -3.41. The van der Waals surface area contributed by atoms with E-state index in [1.807, 2.05) is 0 Å². The van der Waals surface area contributed by atoms with E-state index in [9.17, 15) is 14.4 Å². The Morgan fingerprint density at radius 2 is 0.561 bits per heavy atom. The van der Waals surface area contributed by atoms with Crippen LogP contribution in [0.3, 0.4) is 0 Å². The van der Waals surface area contributed by atoms with Crippen molar-refractivity contribution in [2.24, 2.45) is 0 Å². The molecular formula is C60H102O6. The smallest absolute Gasteiger partial charge is 0.306 e. The lowest BCUT2D eigenvalue weighted by molar-refractivity contribution is -0.167. The molecule has 0 N–H and O–H groups in total. The lowest BCUT2D eigenvalue weighted by atomic mass is 10.1.